The fourth-order valence-corrected chi connectivity index (χ4v) is 2.79. The minimum absolute atomic E-state index is 0.0694. The summed E-state index contributed by atoms with van der Waals surface area (Å²) in [5.74, 6) is -0.745. The van der Waals surface area contributed by atoms with E-state index >= 15 is 0 Å². The van der Waals surface area contributed by atoms with E-state index in [0.717, 1.165) is 23.1 Å². The largest absolute Gasteiger partial charge is 0.354 e. The van der Waals surface area contributed by atoms with Crippen LogP contribution in [0.5, 0.6) is 0 Å². The van der Waals surface area contributed by atoms with Gasteiger partial charge in [-0.05, 0) is 24.5 Å². The monoisotopic (exact) mass is 381 g/mol. The Labute approximate surface area is 165 Å². The molecular weight excluding hydrogens is 354 g/mol. The summed E-state index contributed by atoms with van der Waals surface area (Å²) in [5.41, 5.74) is 3.09. The first-order valence-corrected chi connectivity index (χ1v) is 9.35. The predicted octanol–water partition coefficient (Wildman–Crippen LogP) is 2.04. The maximum Gasteiger partial charge on any atom is 0.239 e. The normalized spacial score (nSPS) is 11.4. The number of aryl methyl sites for hydroxylation is 1. The van der Waals surface area contributed by atoms with Crippen LogP contribution in [0, 0.1) is 6.92 Å². The lowest BCUT2D eigenvalue weighted by atomic mass is 10.0. The van der Waals surface area contributed by atoms with E-state index in [0.29, 0.717) is 6.54 Å². The van der Waals surface area contributed by atoms with Gasteiger partial charge in [-0.3, -0.25) is 14.4 Å². The third-order valence-corrected chi connectivity index (χ3v) is 4.27. The zero-order chi connectivity index (χ0) is 20.4. The van der Waals surface area contributed by atoms with Gasteiger partial charge < -0.3 is 16.0 Å². The molecule has 0 bridgehead atoms. The van der Waals surface area contributed by atoms with Crippen molar-refractivity contribution in [1.29, 1.82) is 0 Å². The number of carbonyl (C=O) groups excluding carboxylic acids is 3. The van der Waals surface area contributed by atoms with Crippen molar-refractivity contribution >= 4 is 17.7 Å². The smallest absolute Gasteiger partial charge is 0.239 e. The van der Waals surface area contributed by atoms with E-state index in [2.05, 4.69) is 16.0 Å². The lowest BCUT2D eigenvalue weighted by Crippen LogP contribution is -2.39. The molecule has 3 amide bonds. The van der Waals surface area contributed by atoms with E-state index < -0.39 is 6.04 Å². The average molecular weight is 381 g/mol. The van der Waals surface area contributed by atoms with Crippen LogP contribution in [0.1, 0.15) is 36.1 Å². The van der Waals surface area contributed by atoms with E-state index in [4.69, 9.17) is 0 Å². The van der Waals surface area contributed by atoms with Gasteiger partial charge in [0.15, 0.2) is 0 Å². The fraction of sp³-hybridized carbons (Fsp3) is 0.318. The Balaban J connectivity index is 1.77. The van der Waals surface area contributed by atoms with E-state index in [1.165, 1.54) is 6.92 Å². The second kappa shape index (κ2) is 10.9. The SMILES string of the molecule is CC(=O)N[C@@H](CC(=O)NCC(=O)NCCc1ccccc1)c1ccc(C)cc1. The highest BCUT2D eigenvalue weighted by atomic mass is 16.2. The zero-order valence-electron chi connectivity index (χ0n) is 16.3. The summed E-state index contributed by atoms with van der Waals surface area (Å²) in [4.78, 5) is 35.6. The van der Waals surface area contributed by atoms with Crippen LogP contribution in [0.2, 0.25) is 0 Å². The van der Waals surface area contributed by atoms with Crippen LogP contribution in [0.25, 0.3) is 0 Å². The number of hydrogen-bond donors (Lipinski definition) is 3. The van der Waals surface area contributed by atoms with Gasteiger partial charge in [-0.1, -0.05) is 60.2 Å². The molecule has 0 aliphatic carbocycles. The molecule has 2 aromatic carbocycles. The van der Waals surface area contributed by atoms with Gasteiger partial charge in [-0.2, -0.15) is 0 Å². The molecule has 0 aromatic heterocycles. The first-order chi connectivity index (χ1) is 13.4. The Morgan fingerprint density at radius 2 is 1.57 bits per heavy atom. The van der Waals surface area contributed by atoms with Crippen LogP contribution >= 0.6 is 0 Å². The van der Waals surface area contributed by atoms with Crippen LogP contribution in [0.4, 0.5) is 0 Å². The maximum absolute atomic E-state index is 12.2. The molecule has 2 aromatic rings. The van der Waals surface area contributed by atoms with Gasteiger partial charge in [0.25, 0.3) is 0 Å². The Morgan fingerprint density at radius 1 is 0.893 bits per heavy atom. The predicted molar refractivity (Wildman–Crippen MR) is 109 cm³/mol. The van der Waals surface area contributed by atoms with E-state index in [1.807, 2.05) is 61.5 Å². The van der Waals surface area contributed by atoms with Gasteiger partial charge in [-0.25, -0.2) is 0 Å². The lowest BCUT2D eigenvalue weighted by Gasteiger charge is -2.18. The number of amides is 3. The molecule has 0 fully saturated rings. The Kier molecular flexibility index (Phi) is 8.21. The summed E-state index contributed by atoms with van der Waals surface area (Å²) >= 11 is 0. The van der Waals surface area contributed by atoms with Crippen molar-refractivity contribution in [3.05, 3.63) is 71.3 Å². The molecule has 0 aliphatic heterocycles. The molecule has 0 saturated heterocycles. The topological polar surface area (TPSA) is 87.3 Å². The number of rotatable bonds is 9. The Morgan fingerprint density at radius 3 is 2.21 bits per heavy atom. The van der Waals surface area contributed by atoms with Crippen LogP contribution < -0.4 is 16.0 Å². The minimum Gasteiger partial charge on any atom is -0.354 e. The minimum atomic E-state index is -0.431. The van der Waals surface area contributed by atoms with Gasteiger partial charge in [0, 0.05) is 13.5 Å². The summed E-state index contributed by atoms with van der Waals surface area (Å²) in [5, 5.41) is 8.19. The first kappa shape index (κ1) is 21.2. The maximum atomic E-state index is 12.2. The summed E-state index contributed by atoms with van der Waals surface area (Å²) in [6, 6.07) is 17.1. The van der Waals surface area contributed by atoms with Gasteiger partial charge in [0.1, 0.15) is 0 Å². The van der Waals surface area contributed by atoms with Crippen LogP contribution in [0.3, 0.4) is 0 Å². The molecule has 0 saturated carbocycles. The molecular formula is C22H27N3O3. The first-order valence-electron chi connectivity index (χ1n) is 9.35. The Bertz CT molecular complexity index is 788. The standard InChI is InChI=1S/C22H27N3O3/c1-16-8-10-19(11-9-16)20(25-17(2)26)14-21(27)24-15-22(28)23-13-12-18-6-4-3-5-7-18/h3-11,20H,12-15H2,1-2H3,(H,23,28)(H,24,27)(H,25,26)/t20-/m0/s1. The molecule has 6 nitrogen and oxygen atoms in total. The van der Waals surface area contributed by atoms with Crippen molar-refractivity contribution in [2.24, 2.45) is 0 Å². The van der Waals surface area contributed by atoms with Gasteiger partial charge in [-0.15, -0.1) is 0 Å². The second-order valence-corrected chi connectivity index (χ2v) is 6.73. The number of carbonyl (C=O) groups is 3. The van der Waals surface area contributed by atoms with Gasteiger partial charge >= 0.3 is 0 Å². The number of nitrogens with one attached hydrogen (secondary N) is 3. The van der Waals surface area contributed by atoms with Crippen LogP contribution in [-0.2, 0) is 20.8 Å². The van der Waals surface area contributed by atoms with Crippen molar-refractivity contribution in [3.8, 4) is 0 Å². The van der Waals surface area contributed by atoms with Crippen LogP contribution in [-0.4, -0.2) is 30.8 Å². The molecule has 0 unspecified atom stereocenters. The molecule has 3 N–H and O–H groups in total. The molecule has 2 rings (SSSR count). The van der Waals surface area contributed by atoms with E-state index in [9.17, 15) is 14.4 Å². The van der Waals surface area contributed by atoms with Crippen molar-refractivity contribution in [2.75, 3.05) is 13.1 Å². The van der Waals surface area contributed by atoms with Crippen LogP contribution in [0.15, 0.2) is 54.6 Å². The van der Waals surface area contributed by atoms with E-state index in [-0.39, 0.29) is 30.7 Å². The van der Waals surface area contributed by atoms with Crippen molar-refractivity contribution in [2.45, 2.75) is 32.7 Å². The molecule has 0 aliphatic rings. The average Bonchev–Trinajstić information content (AvgIpc) is 2.67. The van der Waals surface area contributed by atoms with Gasteiger partial charge in [0.2, 0.25) is 17.7 Å². The quantitative estimate of drug-likeness (QED) is 0.621. The highest BCUT2D eigenvalue weighted by Gasteiger charge is 2.17. The van der Waals surface area contributed by atoms with Gasteiger partial charge in [0.05, 0.1) is 19.0 Å². The second-order valence-electron chi connectivity index (χ2n) is 6.73. The van der Waals surface area contributed by atoms with Crippen molar-refractivity contribution in [1.82, 2.24) is 16.0 Å². The summed E-state index contributed by atoms with van der Waals surface area (Å²) in [6.07, 6.45) is 0.804. The molecule has 148 valence electrons. The third kappa shape index (κ3) is 7.61. The van der Waals surface area contributed by atoms with E-state index in [1.54, 1.807) is 0 Å². The highest BCUT2D eigenvalue weighted by Crippen LogP contribution is 2.17. The number of benzene rings is 2. The number of hydrogen-bond acceptors (Lipinski definition) is 3. The summed E-state index contributed by atoms with van der Waals surface area (Å²) in [6.45, 7) is 3.81. The molecule has 0 radical (unpaired) electrons. The van der Waals surface area contributed by atoms with Crippen molar-refractivity contribution in [3.63, 3.8) is 0 Å². The molecule has 6 heteroatoms. The molecule has 0 heterocycles. The third-order valence-electron chi connectivity index (χ3n) is 4.27. The Hall–Kier alpha value is -3.15. The van der Waals surface area contributed by atoms with Crippen molar-refractivity contribution < 1.29 is 14.4 Å². The summed E-state index contributed by atoms with van der Waals surface area (Å²) in [7, 11) is 0. The molecule has 28 heavy (non-hydrogen) atoms. The molecule has 1 atom stereocenters. The lowest BCUT2D eigenvalue weighted by molar-refractivity contribution is -0.127. The highest BCUT2D eigenvalue weighted by molar-refractivity contribution is 5.85. The molecule has 0 spiro atoms. The summed E-state index contributed by atoms with van der Waals surface area (Å²) < 4.78 is 0. The zero-order valence-corrected chi connectivity index (χ0v) is 16.3. The fourth-order valence-electron chi connectivity index (χ4n) is 2.79.